The summed E-state index contributed by atoms with van der Waals surface area (Å²) in [5.41, 5.74) is 0.917. The molecule has 4 heteroatoms. The Hall–Kier alpha value is -1.81. The third kappa shape index (κ3) is 2.06. The van der Waals surface area contributed by atoms with E-state index in [0.717, 1.165) is 17.1 Å². The molecular formula is C12H14N2O2. The van der Waals surface area contributed by atoms with Gasteiger partial charge in [0.15, 0.2) is 5.76 Å². The van der Waals surface area contributed by atoms with Crippen molar-refractivity contribution in [3.63, 3.8) is 0 Å². The van der Waals surface area contributed by atoms with E-state index in [1.54, 1.807) is 13.3 Å². The van der Waals surface area contributed by atoms with E-state index in [1.165, 1.54) is 0 Å². The fourth-order valence-corrected chi connectivity index (χ4v) is 1.52. The van der Waals surface area contributed by atoms with Gasteiger partial charge in [0.2, 0.25) is 5.89 Å². The molecule has 4 nitrogen and oxygen atoms in total. The molecule has 0 saturated heterocycles. The van der Waals surface area contributed by atoms with Crippen LogP contribution < -0.4 is 10.1 Å². The summed E-state index contributed by atoms with van der Waals surface area (Å²) in [7, 11) is 3.50. The van der Waals surface area contributed by atoms with E-state index in [4.69, 9.17) is 9.15 Å². The first-order valence-electron chi connectivity index (χ1n) is 5.08. The molecule has 2 aromatic rings. The van der Waals surface area contributed by atoms with Crippen molar-refractivity contribution >= 4 is 0 Å². The zero-order chi connectivity index (χ0) is 11.4. The van der Waals surface area contributed by atoms with Crippen LogP contribution in [0.2, 0.25) is 0 Å². The van der Waals surface area contributed by atoms with Gasteiger partial charge in [0.25, 0.3) is 0 Å². The molecule has 0 atom stereocenters. The topological polar surface area (TPSA) is 47.3 Å². The van der Waals surface area contributed by atoms with E-state index in [0.29, 0.717) is 12.4 Å². The zero-order valence-corrected chi connectivity index (χ0v) is 9.36. The number of oxazole rings is 1. The number of hydrogen-bond acceptors (Lipinski definition) is 4. The maximum absolute atomic E-state index is 5.60. The Bertz CT molecular complexity index is 466. The fraction of sp³-hybridized carbons (Fsp3) is 0.250. The SMILES string of the molecule is CNCc1ncc(-c2ccccc2OC)o1. The molecule has 0 aliphatic heterocycles. The molecule has 0 fully saturated rings. The first kappa shape index (κ1) is 10.7. The summed E-state index contributed by atoms with van der Waals surface area (Å²) >= 11 is 0. The van der Waals surface area contributed by atoms with E-state index in [1.807, 2.05) is 31.3 Å². The van der Waals surface area contributed by atoms with Crippen LogP contribution in [-0.2, 0) is 6.54 Å². The highest BCUT2D eigenvalue weighted by Gasteiger charge is 2.09. The van der Waals surface area contributed by atoms with Crippen LogP contribution in [0.4, 0.5) is 0 Å². The number of benzene rings is 1. The van der Waals surface area contributed by atoms with Crippen LogP contribution in [0.5, 0.6) is 5.75 Å². The first-order chi connectivity index (χ1) is 7.85. The summed E-state index contributed by atoms with van der Waals surface area (Å²) in [4.78, 5) is 4.17. The molecule has 16 heavy (non-hydrogen) atoms. The standard InChI is InChI=1S/C12H14N2O2/c1-13-8-12-14-7-11(16-12)9-5-3-4-6-10(9)15-2/h3-7,13H,8H2,1-2H3. The number of aromatic nitrogens is 1. The van der Waals surface area contributed by atoms with E-state index < -0.39 is 0 Å². The first-order valence-corrected chi connectivity index (χ1v) is 5.08. The van der Waals surface area contributed by atoms with E-state index in [9.17, 15) is 0 Å². The molecule has 0 aliphatic carbocycles. The lowest BCUT2D eigenvalue weighted by atomic mass is 10.1. The molecule has 1 aromatic carbocycles. The van der Waals surface area contributed by atoms with Crippen LogP contribution in [0.15, 0.2) is 34.9 Å². The third-order valence-corrected chi connectivity index (χ3v) is 2.25. The van der Waals surface area contributed by atoms with Crippen LogP contribution in [0.3, 0.4) is 0 Å². The van der Waals surface area contributed by atoms with Crippen molar-refractivity contribution < 1.29 is 9.15 Å². The van der Waals surface area contributed by atoms with Crippen molar-refractivity contribution in [2.75, 3.05) is 14.2 Å². The van der Waals surface area contributed by atoms with Gasteiger partial charge < -0.3 is 14.5 Å². The van der Waals surface area contributed by atoms with Gasteiger partial charge in [0, 0.05) is 0 Å². The Balaban J connectivity index is 2.34. The van der Waals surface area contributed by atoms with Gasteiger partial charge in [-0.2, -0.15) is 0 Å². The second-order valence-corrected chi connectivity index (χ2v) is 3.35. The largest absolute Gasteiger partial charge is 0.496 e. The summed E-state index contributed by atoms with van der Waals surface area (Å²) in [6.45, 7) is 0.620. The number of ether oxygens (including phenoxy) is 1. The number of hydrogen-bond donors (Lipinski definition) is 1. The lowest BCUT2D eigenvalue weighted by Gasteiger charge is -2.04. The molecule has 2 rings (SSSR count). The summed E-state index contributed by atoms with van der Waals surface area (Å²) in [6.07, 6.45) is 1.71. The van der Waals surface area contributed by atoms with Crippen molar-refractivity contribution in [2.45, 2.75) is 6.54 Å². The van der Waals surface area contributed by atoms with Crippen LogP contribution in [-0.4, -0.2) is 19.1 Å². The lowest BCUT2D eigenvalue weighted by Crippen LogP contribution is -2.04. The number of rotatable bonds is 4. The number of para-hydroxylation sites is 1. The van der Waals surface area contributed by atoms with Crippen LogP contribution in [0.1, 0.15) is 5.89 Å². The van der Waals surface area contributed by atoms with Gasteiger partial charge >= 0.3 is 0 Å². The molecule has 0 unspecified atom stereocenters. The number of nitrogens with one attached hydrogen (secondary N) is 1. The molecule has 0 spiro atoms. The molecule has 0 radical (unpaired) electrons. The summed E-state index contributed by atoms with van der Waals surface area (Å²) < 4.78 is 10.9. The van der Waals surface area contributed by atoms with Gasteiger partial charge in [-0.05, 0) is 19.2 Å². The Morgan fingerprint density at radius 3 is 2.94 bits per heavy atom. The van der Waals surface area contributed by atoms with Gasteiger partial charge in [-0.1, -0.05) is 12.1 Å². The van der Waals surface area contributed by atoms with Gasteiger partial charge in [0.05, 0.1) is 25.4 Å². The monoisotopic (exact) mass is 218 g/mol. The van der Waals surface area contributed by atoms with Crippen molar-refractivity contribution in [2.24, 2.45) is 0 Å². The van der Waals surface area contributed by atoms with Crippen molar-refractivity contribution in [3.8, 4) is 17.1 Å². The van der Waals surface area contributed by atoms with Gasteiger partial charge in [0.1, 0.15) is 5.75 Å². The van der Waals surface area contributed by atoms with Crippen molar-refractivity contribution in [1.82, 2.24) is 10.3 Å². The quantitative estimate of drug-likeness (QED) is 0.853. The minimum Gasteiger partial charge on any atom is -0.496 e. The smallest absolute Gasteiger partial charge is 0.208 e. The van der Waals surface area contributed by atoms with Gasteiger partial charge in [-0.15, -0.1) is 0 Å². The maximum atomic E-state index is 5.60. The molecular weight excluding hydrogens is 204 g/mol. The zero-order valence-electron chi connectivity index (χ0n) is 9.36. The third-order valence-electron chi connectivity index (χ3n) is 2.25. The number of methoxy groups -OCH3 is 1. The van der Waals surface area contributed by atoms with Gasteiger partial charge in [-0.3, -0.25) is 0 Å². The highest BCUT2D eigenvalue weighted by molar-refractivity contribution is 5.64. The van der Waals surface area contributed by atoms with Crippen molar-refractivity contribution in [1.29, 1.82) is 0 Å². The predicted molar refractivity (Wildman–Crippen MR) is 61.3 cm³/mol. The molecule has 0 amide bonds. The molecule has 0 aliphatic rings. The second kappa shape index (κ2) is 4.81. The van der Waals surface area contributed by atoms with Gasteiger partial charge in [-0.25, -0.2) is 4.98 Å². The van der Waals surface area contributed by atoms with E-state index in [-0.39, 0.29) is 0 Å². The van der Waals surface area contributed by atoms with E-state index in [2.05, 4.69) is 10.3 Å². The highest BCUT2D eigenvalue weighted by Crippen LogP contribution is 2.29. The predicted octanol–water partition coefficient (Wildman–Crippen LogP) is 2.07. The molecule has 84 valence electrons. The highest BCUT2D eigenvalue weighted by atomic mass is 16.5. The Labute approximate surface area is 94.3 Å². The van der Waals surface area contributed by atoms with Crippen LogP contribution >= 0.6 is 0 Å². The maximum Gasteiger partial charge on any atom is 0.208 e. The molecule has 1 aromatic heterocycles. The van der Waals surface area contributed by atoms with E-state index >= 15 is 0 Å². The summed E-state index contributed by atoms with van der Waals surface area (Å²) in [5, 5.41) is 2.99. The second-order valence-electron chi connectivity index (χ2n) is 3.35. The van der Waals surface area contributed by atoms with Crippen LogP contribution in [0.25, 0.3) is 11.3 Å². The van der Waals surface area contributed by atoms with Crippen molar-refractivity contribution in [3.05, 3.63) is 36.4 Å². The minimum atomic E-state index is 0.620. The number of nitrogens with zero attached hydrogens (tertiary/aromatic N) is 1. The Kier molecular flexibility index (Phi) is 3.22. The lowest BCUT2D eigenvalue weighted by molar-refractivity contribution is 0.413. The van der Waals surface area contributed by atoms with Crippen LogP contribution in [0, 0.1) is 0 Å². The molecule has 0 bridgehead atoms. The fourth-order valence-electron chi connectivity index (χ4n) is 1.52. The normalized spacial score (nSPS) is 10.4. The average molecular weight is 218 g/mol. The summed E-state index contributed by atoms with van der Waals surface area (Å²) in [5.74, 6) is 2.18. The Morgan fingerprint density at radius 1 is 1.38 bits per heavy atom. The average Bonchev–Trinajstić information content (AvgIpc) is 2.78. The molecule has 0 saturated carbocycles. The Morgan fingerprint density at radius 2 is 2.19 bits per heavy atom. The molecule has 1 N–H and O–H groups in total. The summed E-state index contributed by atoms with van der Waals surface area (Å²) in [6, 6.07) is 7.71. The minimum absolute atomic E-state index is 0.620. The molecule has 1 heterocycles.